The number of rotatable bonds is 3. The summed E-state index contributed by atoms with van der Waals surface area (Å²) in [6.07, 6.45) is 4.41. The fourth-order valence-corrected chi connectivity index (χ4v) is 1.78. The van der Waals surface area contributed by atoms with Crippen LogP contribution in [0.1, 0.15) is 30.7 Å². The molecule has 1 aromatic heterocycles. The van der Waals surface area contributed by atoms with E-state index in [4.69, 9.17) is 0 Å². The Hall–Kier alpha value is -1.64. The summed E-state index contributed by atoms with van der Waals surface area (Å²) in [6, 6.07) is 6.69. The van der Waals surface area contributed by atoms with Gasteiger partial charge in [-0.25, -0.2) is 9.37 Å². The van der Waals surface area contributed by atoms with E-state index in [1.165, 1.54) is 6.07 Å². The fraction of sp³-hybridized carbons (Fsp3) is 0.250. The monoisotopic (exact) mass is 204 g/mol. The van der Waals surface area contributed by atoms with Crippen molar-refractivity contribution in [1.82, 2.24) is 9.97 Å². The molecule has 0 aliphatic carbocycles. The van der Waals surface area contributed by atoms with E-state index in [0.29, 0.717) is 0 Å². The van der Waals surface area contributed by atoms with Crippen LogP contribution in [-0.2, 0) is 0 Å². The number of hydrogen-bond donors (Lipinski definition) is 1. The van der Waals surface area contributed by atoms with Crippen LogP contribution in [0.2, 0.25) is 0 Å². The van der Waals surface area contributed by atoms with Gasteiger partial charge in [-0.2, -0.15) is 0 Å². The lowest BCUT2D eigenvalue weighted by atomic mass is 9.96. The molecular weight excluding hydrogens is 191 g/mol. The van der Waals surface area contributed by atoms with Gasteiger partial charge in [-0.05, 0) is 24.1 Å². The van der Waals surface area contributed by atoms with Crippen LogP contribution in [0.3, 0.4) is 0 Å². The molecule has 1 N–H and O–H groups in total. The van der Waals surface area contributed by atoms with Crippen LogP contribution in [0.15, 0.2) is 36.7 Å². The van der Waals surface area contributed by atoms with Gasteiger partial charge in [-0.3, -0.25) is 0 Å². The van der Waals surface area contributed by atoms with Gasteiger partial charge in [0.2, 0.25) is 0 Å². The van der Waals surface area contributed by atoms with E-state index in [1.54, 1.807) is 24.5 Å². The predicted octanol–water partition coefficient (Wildman–Crippen LogP) is 3.09. The number of halogens is 1. The highest BCUT2D eigenvalue weighted by molar-refractivity contribution is 5.25. The van der Waals surface area contributed by atoms with Crippen LogP contribution >= 0.6 is 0 Å². The van der Waals surface area contributed by atoms with Crippen molar-refractivity contribution in [1.29, 1.82) is 0 Å². The number of H-pyrrole nitrogens is 1. The number of benzene rings is 1. The standard InChI is InChI=1S/C12H13FN2/c1-2-11(12-14-6-7-15-12)9-4-3-5-10(13)8-9/h3-8,11H,2H2,1H3,(H,14,15). The maximum Gasteiger partial charge on any atom is 0.123 e. The number of aromatic nitrogens is 2. The Kier molecular flexibility index (Phi) is 2.81. The quantitative estimate of drug-likeness (QED) is 0.817. The molecule has 0 saturated heterocycles. The molecule has 0 spiro atoms. The van der Waals surface area contributed by atoms with Crippen molar-refractivity contribution >= 4 is 0 Å². The minimum absolute atomic E-state index is 0.149. The minimum Gasteiger partial charge on any atom is -0.348 e. The van der Waals surface area contributed by atoms with Crippen molar-refractivity contribution in [2.45, 2.75) is 19.3 Å². The van der Waals surface area contributed by atoms with Gasteiger partial charge < -0.3 is 4.98 Å². The summed E-state index contributed by atoms with van der Waals surface area (Å²) in [6.45, 7) is 2.07. The molecule has 0 aliphatic heterocycles. The van der Waals surface area contributed by atoms with E-state index in [-0.39, 0.29) is 11.7 Å². The molecule has 0 bridgehead atoms. The number of aromatic amines is 1. The van der Waals surface area contributed by atoms with E-state index in [1.807, 2.05) is 6.07 Å². The Bertz CT molecular complexity index is 423. The zero-order chi connectivity index (χ0) is 10.7. The molecule has 1 aromatic carbocycles. The first kappa shape index (κ1) is 9.90. The molecule has 1 unspecified atom stereocenters. The minimum atomic E-state index is -0.197. The first-order valence-corrected chi connectivity index (χ1v) is 5.06. The second-order valence-electron chi connectivity index (χ2n) is 3.49. The molecule has 0 aliphatic rings. The maximum absolute atomic E-state index is 13.1. The van der Waals surface area contributed by atoms with Gasteiger partial charge in [0.25, 0.3) is 0 Å². The normalized spacial score (nSPS) is 12.7. The number of hydrogen-bond acceptors (Lipinski definition) is 1. The van der Waals surface area contributed by atoms with E-state index < -0.39 is 0 Å². The van der Waals surface area contributed by atoms with E-state index in [0.717, 1.165) is 17.8 Å². The van der Waals surface area contributed by atoms with E-state index in [2.05, 4.69) is 16.9 Å². The Labute approximate surface area is 88.2 Å². The molecule has 78 valence electrons. The molecule has 0 amide bonds. The first-order chi connectivity index (χ1) is 7.31. The number of nitrogens with zero attached hydrogens (tertiary/aromatic N) is 1. The molecule has 3 heteroatoms. The Morgan fingerprint density at radius 3 is 2.93 bits per heavy atom. The average molecular weight is 204 g/mol. The van der Waals surface area contributed by atoms with Gasteiger partial charge in [0.1, 0.15) is 11.6 Å². The van der Waals surface area contributed by atoms with Gasteiger partial charge in [0.05, 0.1) is 0 Å². The zero-order valence-electron chi connectivity index (χ0n) is 8.57. The Morgan fingerprint density at radius 1 is 1.47 bits per heavy atom. The van der Waals surface area contributed by atoms with Crippen molar-refractivity contribution in [2.24, 2.45) is 0 Å². The highest BCUT2D eigenvalue weighted by atomic mass is 19.1. The highest BCUT2D eigenvalue weighted by Gasteiger charge is 2.14. The summed E-state index contributed by atoms with van der Waals surface area (Å²) in [7, 11) is 0. The van der Waals surface area contributed by atoms with Gasteiger partial charge in [0.15, 0.2) is 0 Å². The predicted molar refractivity (Wildman–Crippen MR) is 57.1 cm³/mol. The summed E-state index contributed by atoms with van der Waals surface area (Å²) < 4.78 is 13.1. The van der Waals surface area contributed by atoms with Gasteiger partial charge in [-0.1, -0.05) is 19.1 Å². The van der Waals surface area contributed by atoms with Crippen molar-refractivity contribution in [3.63, 3.8) is 0 Å². The van der Waals surface area contributed by atoms with Crippen LogP contribution in [0.25, 0.3) is 0 Å². The van der Waals surface area contributed by atoms with Crippen molar-refractivity contribution in [3.05, 3.63) is 53.9 Å². The third-order valence-corrected chi connectivity index (χ3v) is 2.51. The SMILES string of the molecule is CCC(c1cccc(F)c1)c1ncc[nH]1. The molecule has 0 radical (unpaired) electrons. The molecular formula is C12H13FN2. The van der Waals surface area contributed by atoms with Crippen molar-refractivity contribution in [3.8, 4) is 0 Å². The van der Waals surface area contributed by atoms with Gasteiger partial charge >= 0.3 is 0 Å². The van der Waals surface area contributed by atoms with Crippen molar-refractivity contribution < 1.29 is 4.39 Å². The van der Waals surface area contributed by atoms with Crippen LogP contribution in [0, 0.1) is 5.82 Å². The third-order valence-electron chi connectivity index (χ3n) is 2.51. The summed E-state index contributed by atoms with van der Waals surface area (Å²) in [4.78, 5) is 7.29. The maximum atomic E-state index is 13.1. The van der Waals surface area contributed by atoms with Gasteiger partial charge in [0, 0.05) is 18.3 Å². The smallest absolute Gasteiger partial charge is 0.123 e. The summed E-state index contributed by atoms with van der Waals surface area (Å²) in [5.41, 5.74) is 0.965. The lowest BCUT2D eigenvalue weighted by Gasteiger charge is -2.12. The van der Waals surface area contributed by atoms with E-state index in [9.17, 15) is 4.39 Å². The number of imidazole rings is 1. The summed E-state index contributed by atoms with van der Waals surface area (Å²) >= 11 is 0. The second-order valence-corrected chi connectivity index (χ2v) is 3.49. The van der Waals surface area contributed by atoms with Crippen LogP contribution in [0.5, 0.6) is 0 Å². The molecule has 2 aromatic rings. The molecule has 2 nitrogen and oxygen atoms in total. The number of nitrogens with one attached hydrogen (secondary N) is 1. The van der Waals surface area contributed by atoms with Crippen molar-refractivity contribution in [2.75, 3.05) is 0 Å². The topological polar surface area (TPSA) is 28.7 Å². The molecule has 0 fully saturated rings. The first-order valence-electron chi connectivity index (χ1n) is 5.06. The van der Waals surface area contributed by atoms with Crippen LogP contribution in [0.4, 0.5) is 4.39 Å². The zero-order valence-corrected chi connectivity index (χ0v) is 8.57. The molecule has 1 heterocycles. The Morgan fingerprint density at radius 2 is 2.33 bits per heavy atom. The van der Waals surface area contributed by atoms with Crippen LogP contribution < -0.4 is 0 Å². The summed E-state index contributed by atoms with van der Waals surface area (Å²) in [5.74, 6) is 0.844. The summed E-state index contributed by atoms with van der Waals surface area (Å²) in [5, 5.41) is 0. The Balaban J connectivity index is 2.35. The fourth-order valence-electron chi connectivity index (χ4n) is 1.78. The molecule has 2 rings (SSSR count). The largest absolute Gasteiger partial charge is 0.348 e. The third kappa shape index (κ3) is 2.06. The molecule has 0 saturated carbocycles. The van der Waals surface area contributed by atoms with E-state index >= 15 is 0 Å². The molecule has 15 heavy (non-hydrogen) atoms. The van der Waals surface area contributed by atoms with Crippen LogP contribution in [-0.4, -0.2) is 9.97 Å². The second kappa shape index (κ2) is 4.26. The lowest BCUT2D eigenvalue weighted by molar-refractivity contribution is 0.620. The molecule has 1 atom stereocenters. The average Bonchev–Trinajstić information content (AvgIpc) is 2.72. The highest BCUT2D eigenvalue weighted by Crippen LogP contribution is 2.25. The van der Waals surface area contributed by atoms with Gasteiger partial charge in [-0.15, -0.1) is 0 Å². The lowest BCUT2D eigenvalue weighted by Crippen LogP contribution is -2.02.